The Labute approximate surface area is 86.6 Å². The zero-order chi connectivity index (χ0) is 10.3. The van der Waals surface area contributed by atoms with Crippen LogP contribution in [0.15, 0.2) is 41.6 Å². The minimum absolute atomic E-state index is 0.326. The molecule has 1 heterocycles. The van der Waals surface area contributed by atoms with Crippen molar-refractivity contribution in [3.63, 3.8) is 0 Å². The molecule has 0 aliphatic carbocycles. The number of ether oxygens (including phenoxy) is 1. The van der Waals surface area contributed by atoms with Gasteiger partial charge in [-0.15, -0.1) is 0 Å². The molecule has 0 atom stereocenters. The Balaban J connectivity index is 2.46. The second kappa shape index (κ2) is 2.98. The molecule has 0 amide bonds. The summed E-state index contributed by atoms with van der Waals surface area (Å²) in [6, 6.07) is 11.8. The molecule has 0 radical (unpaired) electrons. The molecule has 2 aromatic carbocycles. The molecule has 0 saturated carbocycles. The highest BCUT2D eigenvalue weighted by atomic mass is 16.5. The van der Waals surface area contributed by atoms with Crippen LogP contribution in [0.5, 0.6) is 5.75 Å². The summed E-state index contributed by atoms with van der Waals surface area (Å²) in [6.07, 6.45) is 0. The molecule has 0 fully saturated rings. The lowest BCUT2D eigenvalue weighted by Gasteiger charge is -2.18. The Hall–Kier alpha value is -2.03. The summed E-state index contributed by atoms with van der Waals surface area (Å²) in [5, 5.41) is 14.3. The van der Waals surface area contributed by atoms with E-state index < -0.39 is 0 Å². The van der Waals surface area contributed by atoms with Crippen molar-refractivity contribution in [1.29, 1.82) is 0 Å². The average Bonchev–Trinajstić information content (AvgIpc) is 2.30. The van der Waals surface area contributed by atoms with Crippen LogP contribution >= 0.6 is 0 Å². The third kappa shape index (κ3) is 1.09. The topological polar surface area (TPSA) is 41.8 Å². The van der Waals surface area contributed by atoms with E-state index in [0.717, 1.165) is 22.1 Å². The number of oxime groups is 1. The summed E-state index contributed by atoms with van der Waals surface area (Å²) in [6.45, 7) is 0.326. The summed E-state index contributed by atoms with van der Waals surface area (Å²) in [5.41, 5.74) is 1.54. The molecule has 0 aromatic heterocycles. The van der Waals surface area contributed by atoms with Gasteiger partial charge in [0.2, 0.25) is 0 Å². The summed E-state index contributed by atoms with van der Waals surface area (Å²) in [7, 11) is 0. The van der Waals surface area contributed by atoms with E-state index in [1.54, 1.807) is 0 Å². The largest absolute Gasteiger partial charge is 0.486 e. The number of nitrogens with zero attached hydrogens (tertiary/aromatic N) is 1. The minimum atomic E-state index is 0.326. The fraction of sp³-hybridized carbons (Fsp3) is 0.0833. The lowest BCUT2D eigenvalue weighted by atomic mass is 9.98. The molecule has 3 heteroatoms. The first kappa shape index (κ1) is 8.29. The molecular formula is C12H9NO2. The lowest BCUT2D eigenvalue weighted by Crippen LogP contribution is -2.18. The number of hydrogen-bond acceptors (Lipinski definition) is 3. The van der Waals surface area contributed by atoms with Crippen LogP contribution in [-0.4, -0.2) is 17.5 Å². The normalized spacial score (nSPS) is 16.7. The van der Waals surface area contributed by atoms with Crippen molar-refractivity contribution in [3.05, 3.63) is 42.0 Å². The minimum Gasteiger partial charge on any atom is -0.486 e. The predicted octanol–water partition coefficient (Wildman–Crippen LogP) is 2.41. The van der Waals surface area contributed by atoms with Crippen molar-refractivity contribution < 1.29 is 9.94 Å². The van der Waals surface area contributed by atoms with Crippen molar-refractivity contribution in [2.45, 2.75) is 0 Å². The number of rotatable bonds is 0. The Bertz CT molecular complexity index is 555. The Morgan fingerprint density at radius 1 is 1.13 bits per heavy atom. The molecule has 2 aromatic rings. The van der Waals surface area contributed by atoms with Gasteiger partial charge in [0.15, 0.2) is 0 Å². The zero-order valence-electron chi connectivity index (χ0n) is 7.97. The van der Waals surface area contributed by atoms with Gasteiger partial charge in [-0.05, 0) is 11.5 Å². The van der Waals surface area contributed by atoms with Gasteiger partial charge in [0.05, 0.1) is 0 Å². The van der Waals surface area contributed by atoms with Gasteiger partial charge in [0, 0.05) is 10.9 Å². The quantitative estimate of drug-likeness (QED) is 0.523. The monoisotopic (exact) mass is 199 g/mol. The highest BCUT2D eigenvalue weighted by Gasteiger charge is 2.18. The van der Waals surface area contributed by atoms with Gasteiger partial charge in [0.25, 0.3) is 0 Å². The summed E-state index contributed by atoms with van der Waals surface area (Å²) < 4.78 is 5.51. The van der Waals surface area contributed by atoms with E-state index in [0.29, 0.717) is 12.3 Å². The molecule has 3 nitrogen and oxygen atoms in total. The third-order valence-corrected chi connectivity index (χ3v) is 2.66. The van der Waals surface area contributed by atoms with Crippen molar-refractivity contribution in [1.82, 2.24) is 0 Å². The second-order valence-corrected chi connectivity index (χ2v) is 3.50. The van der Waals surface area contributed by atoms with E-state index in [2.05, 4.69) is 5.16 Å². The first-order valence-corrected chi connectivity index (χ1v) is 4.76. The summed E-state index contributed by atoms with van der Waals surface area (Å²) in [4.78, 5) is 0. The van der Waals surface area contributed by atoms with E-state index in [1.807, 2.05) is 36.4 Å². The van der Waals surface area contributed by atoms with Gasteiger partial charge >= 0.3 is 0 Å². The molecule has 0 saturated heterocycles. The van der Waals surface area contributed by atoms with Gasteiger partial charge in [-0.2, -0.15) is 0 Å². The Morgan fingerprint density at radius 3 is 2.73 bits per heavy atom. The molecular weight excluding hydrogens is 190 g/mol. The SMILES string of the molecule is O/N=C1\COc2cccc3cccc1c23. The molecule has 0 bridgehead atoms. The molecule has 3 rings (SSSR count). The van der Waals surface area contributed by atoms with Crippen LogP contribution in [0.3, 0.4) is 0 Å². The smallest absolute Gasteiger partial charge is 0.134 e. The maximum absolute atomic E-state index is 8.88. The van der Waals surface area contributed by atoms with Crippen LogP contribution in [0.1, 0.15) is 5.56 Å². The van der Waals surface area contributed by atoms with Crippen LogP contribution in [0, 0.1) is 0 Å². The summed E-state index contributed by atoms with van der Waals surface area (Å²) in [5.74, 6) is 0.857. The fourth-order valence-corrected chi connectivity index (χ4v) is 1.97. The van der Waals surface area contributed by atoms with E-state index in [4.69, 9.17) is 9.94 Å². The van der Waals surface area contributed by atoms with E-state index >= 15 is 0 Å². The predicted molar refractivity (Wildman–Crippen MR) is 57.8 cm³/mol. The lowest BCUT2D eigenvalue weighted by molar-refractivity contribution is 0.307. The van der Waals surface area contributed by atoms with Crippen molar-refractivity contribution >= 4 is 16.5 Å². The number of benzene rings is 2. The van der Waals surface area contributed by atoms with Crippen molar-refractivity contribution in [2.75, 3.05) is 6.61 Å². The Kier molecular flexibility index (Phi) is 1.65. The summed E-state index contributed by atoms with van der Waals surface area (Å²) >= 11 is 0. The van der Waals surface area contributed by atoms with Gasteiger partial charge in [-0.3, -0.25) is 0 Å². The van der Waals surface area contributed by atoms with Crippen molar-refractivity contribution in [2.24, 2.45) is 5.16 Å². The van der Waals surface area contributed by atoms with Crippen LogP contribution in [0.4, 0.5) is 0 Å². The highest BCUT2D eigenvalue weighted by molar-refractivity contribution is 6.14. The third-order valence-electron chi connectivity index (χ3n) is 2.66. The first-order chi connectivity index (χ1) is 7.40. The number of hydrogen-bond donors (Lipinski definition) is 1. The van der Waals surface area contributed by atoms with Gasteiger partial charge in [-0.25, -0.2) is 0 Å². The van der Waals surface area contributed by atoms with Gasteiger partial charge in [-0.1, -0.05) is 35.5 Å². The first-order valence-electron chi connectivity index (χ1n) is 4.76. The molecule has 15 heavy (non-hydrogen) atoms. The van der Waals surface area contributed by atoms with E-state index in [-0.39, 0.29) is 0 Å². The van der Waals surface area contributed by atoms with Crippen LogP contribution < -0.4 is 4.74 Å². The average molecular weight is 199 g/mol. The molecule has 0 unspecified atom stereocenters. The van der Waals surface area contributed by atoms with Gasteiger partial charge < -0.3 is 9.94 Å². The van der Waals surface area contributed by atoms with Crippen LogP contribution in [-0.2, 0) is 0 Å². The fourth-order valence-electron chi connectivity index (χ4n) is 1.97. The maximum atomic E-state index is 8.88. The second-order valence-electron chi connectivity index (χ2n) is 3.50. The maximum Gasteiger partial charge on any atom is 0.134 e. The molecule has 1 aliphatic rings. The van der Waals surface area contributed by atoms with Crippen molar-refractivity contribution in [3.8, 4) is 5.75 Å². The van der Waals surface area contributed by atoms with Crippen LogP contribution in [0.25, 0.3) is 10.8 Å². The molecule has 0 spiro atoms. The molecule has 74 valence electrons. The van der Waals surface area contributed by atoms with E-state index in [1.165, 1.54) is 0 Å². The van der Waals surface area contributed by atoms with Gasteiger partial charge in [0.1, 0.15) is 18.1 Å². The highest BCUT2D eigenvalue weighted by Crippen LogP contribution is 2.32. The Morgan fingerprint density at radius 2 is 1.93 bits per heavy atom. The standard InChI is InChI=1S/C12H9NO2/c14-13-10-7-15-11-6-2-4-8-3-1-5-9(10)12(8)11/h1-6,14H,7H2/b13-10+. The zero-order valence-corrected chi connectivity index (χ0v) is 7.97. The molecule has 1 N–H and O–H groups in total. The van der Waals surface area contributed by atoms with Crippen LogP contribution in [0.2, 0.25) is 0 Å². The van der Waals surface area contributed by atoms with E-state index in [9.17, 15) is 0 Å². The molecule has 1 aliphatic heterocycles.